The quantitative estimate of drug-likeness (QED) is 0.267. The largest absolute Gasteiger partial charge is 0.489 e. The van der Waals surface area contributed by atoms with E-state index >= 15 is 0 Å². The minimum atomic E-state index is -0.436. The molecule has 0 bridgehead atoms. The van der Waals surface area contributed by atoms with Gasteiger partial charge in [-0.05, 0) is 61.8 Å². The molecule has 0 aliphatic rings. The molecule has 0 fully saturated rings. The van der Waals surface area contributed by atoms with Crippen molar-refractivity contribution in [2.24, 2.45) is 5.92 Å². The molecule has 2 rings (SSSR count). The molecule has 2 atom stereocenters. The first kappa shape index (κ1) is 23.7. The van der Waals surface area contributed by atoms with Crippen molar-refractivity contribution >= 4 is 5.97 Å². The summed E-state index contributed by atoms with van der Waals surface area (Å²) >= 11 is 0. The molecule has 0 heterocycles. The highest BCUT2D eigenvalue weighted by Crippen LogP contribution is 2.32. The molecule has 0 saturated carbocycles. The maximum Gasteiger partial charge on any atom is 0.310 e. The third-order valence-corrected chi connectivity index (χ3v) is 5.74. The molecule has 0 aliphatic carbocycles. The van der Waals surface area contributed by atoms with E-state index in [0.29, 0.717) is 12.5 Å². The summed E-state index contributed by atoms with van der Waals surface area (Å²) in [5.41, 5.74) is 1.63. The molecule has 2 unspecified atom stereocenters. The zero-order valence-corrected chi connectivity index (χ0v) is 18.7. The van der Waals surface area contributed by atoms with Crippen molar-refractivity contribution in [1.29, 1.82) is 0 Å². The van der Waals surface area contributed by atoms with Gasteiger partial charge in [-0.15, -0.1) is 6.58 Å². The topological polar surface area (TPSA) is 35.5 Å². The van der Waals surface area contributed by atoms with Crippen LogP contribution >= 0.6 is 0 Å². The van der Waals surface area contributed by atoms with Crippen LogP contribution in [0.5, 0.6) is 5.75 Å². The van der Waals surface area contributed by atoms with Crippen LogP contribution < -0.4 is 4.74 Å². The van der Waals surface area contributed by atoms with Gasteiger partial charge in [0.15, 0.2) is 0 Å². The summed E-state index contributed by atoms with van der Waals surface area (Å²) in [5.74, 6) is 0.915. The summed E-state index contributed by atoms with van der Waals surface area (Å²) < 4.78 is 11.9. The molecule has 2 aromatic carbocycles. The van der Waals surface area contributed by atoms with Crippen LogP contribution in [0, 0.1) is 5.92 Å². The Hall–Kier alpha value is -2.55. The van der Waals surface area contributed by atoms with Crippen LogP contribution in [-0.2, 0) is 22.6 Å². The van der Waals surface area contributed by atoms with Crippen molar-refractivity contribution in [2.75, 3.05) is 0 Å². The maximum absolute atomic E-state index is 12.7. The lowest BCUT2D eigenvalue weighted by atomic mass is 9.83. The predicted molar refractivity (Wildman–Crippen MR) is 124 cm³/mol. The number of ether oxygens (including phenoxy) is 2. The number of hydrogen-bond donors (Lipinski definition) is 0. The molecule has 0 aliphatic heterocycles. The van der Waals surface area contributed by atoms with Crippen LogP contribution in [0.4, 0.5) is 0 Å². The zero-order valence-electron chi connectivity index (χ0n) is 18.7. The SMILES string of the molecule is C=CCCC(C)C(C)(CCCC)OC(=O)Cc1ccc(OCc2ccccc2)cc1. The molecule has 0 spiro atoms. The fourth-order valence-corrected chi connectivity index (χ4v) is 3.51. The van der Waals surface area contributed by atoms with Crippen molar-refractivity contribution in [2.45, 2.75) is 71.5 Å². The third-order valence-electron chi connectivity index (χ3n) is 5.74. The molecule has 0 aromatic heterocycles. The first-order valence-corrected chi connectivity index (χ1v) is 11.0. The number of benzene rings is 2. The summed E-state index contributed by atoms with van der Waals surface area (Å²) in [6.07, 6.45) is 7.14. The molecule has 162 valence electrons. The number of hydrogen-bond acceptors (Lipinski definition) is 3. The molecule has 0 radical (unpaired) electrons. The van der Waals surface area contributed by atoms with Crippen molar-refractivity contribution in [3.8, 4) is 5.75 Å². The highest BCUT2D eigenvalue weighted by molar-refractivity contribution is 5.73. The monoisotopic (exact) mass is 408 g/mol. The Labute approximate surface area is 182 Å². The Bertz CT molecular complexity index is 766. The second-order valence-electron chi connectivity index (χ2n) is 8.25. The molecule has 0 N–H and O–H groups in total. The predicted octanol–water partition coefficient (Wildman–Crippen LogP) is 6.90. The molecular formula is C27H36O3. The lowest BCUT2D eigenvalue weighted by molar-refractivity contribution is -0.164. The second kappa shape index (κ2) is 12.2. The first-order chi connectivity index (χ1) is 14.5. The second-order valence-corrected chi connectivity index (χ2v) is 8.25. The number of carbonyl (C=O) groups excluding carboxylic acids is 1. The van der Waals surface area contributed by atoms with Crippen LogP contribution in [0.2, 0.25) is 0 Å². The highest BCUT2D eigenvalue weighted by Gasteiger charge is 2.34. The molecule has 3 nitrogen and oxygen atoms in total. The lowest BCUT2D eigenvalue weighted by Gasteiger charge is -2.35. The van der Waals surface area contributed by atoms with E-state index in [1.54, 1.807) is 0 Å². The normalized spacial score (nSPS) is 13.8. The highest BCUT2D eigenvalue weighted by atomic mass is 16.6. The van der Waals surface area contributed by atoms with E-state index in [0.717, 1.165) is 49.0 Å². The van der Waals surface area contributed by atoms with Gasteiger partial charge in [-0.1, -0.05) is 68.8 Å². The van der Waals surface area contributed by atoms with Crippen molar-refractivity contribution in [3.05, 3.63) is 78.4 Å². The maximum atomic E-state index is 12.7. The van der Waals surface area contributed by atoms with Crippen molar-refractivity contribution in [1.82, 2.24) is 0 Å². The Balaban J connectivity index is 1.91. The van der Waals surface area contributed by atoms with Gasteiger partial charge in [-0.25, -0.2) is 0 Å². The van der Waals surface area contributed by atoms with Gasteiger partial charge in [0.2, 0.25) is 0 Å². The smallest absolute Gasteiger partial charge is 0.310 e. The zero-order chi connectivity index (χ0) is 21.8. The molecule has 3 heteroatoms. The van der Waals surface area contributed by atoms with Crippen LogP contribution in [0.15, 0.2) is 67.3 Å². The molecule has 30 heavy (non-hydrogen) atoms. The summed E-state index contributed by atoms with van der Waals surface area (Å²) in [6, 6.07) is 17.8. The fraction of sp³-hybridized carbons (Fsp3) is 0.444. The first-order valence-electron chi connectivity index (χ1n) is 11.0. The number of carbonyl (C=O) groups is 1. The van der Waals surface area contributed by atoms with E-state index in [2.05, 4.69) is 27.4 Å². The van der Waals surface area contributed by atoms with E-state index in [1.165, 1.54) is 0 Å². The van der Waals surface area contributed by atoms with Crippen molar-refractivity contribution < 1.29 is 14.3 Å². The minimum absolute atomic E-state index is 0.169. The van der Waals surface area contributed by atoms with E-state index in [-0.39, 0.29) is 12.4 Å². The van der Waals surface area contributed by atoms with Crippen LogP contribution in [0.3, 0.4) is 0 Å². The summed E-state index contributed by atoms with van der Waals surface area (Å²) in [4.78, 5) is 12.7. The van der Waals surface area contributed by atoms with Crippen molar-refractivity contribution in [3.63, 3.8) is 0 Å². The molecule has 2 aromatic rings. The Morgan fingerprint density at radius 1 is 1.10 bits per heavy atom. The summed E-state index contributed by atoms with van der Waals surface area (Å²) in [5, 5.41) is 0. The van der Waals surface area contributed by atoms with Gasteiger partial charge in [0.05, 0.1) is 6.42 Å². The Morgan fingerprint density at radius 3 is 2.43 bits per heavy atom. The Morgan fingerprint density at radius 2 is 1.80 bits per heavy atom. The Kier molecular flexibility index (Phi) is 9.66. The minimum Gasteiger partial charge on any atom is -0.489 e. The van der Waals surface area contributed by atoms with Gasteiger partial charge in [0.1, 0.15) is 18.0 Å². The summed E-state index contributed by atoms with van der Waals surface area (Å²) in [6.45, 7) is 10.8. The van der Waals surface area contributed by atoms with Gasteiger partial charge in [0, 0.05) is 0 Å². The standard InChI is InChI=1S/C27H36O3/c1-5-7-12-22(3)27(4,19-8-6-2)30-26(28)20-23-15-17-25(18-16-23)29-21-24-13-10-9-11-14-24/h5,9-11,13-18,22H,1,6-8,12,19-21H2,2-4H3. The van der Waals surface area contributed by atoms with E-state index in [1.807, 2.05) is 60.7 Å². The number of rotatable bonds is 13. The van der Waals surface area contributed by atoms with Gasteiger partial charge in [-0.2, -0.15) is 0 Å². The van der Waals surface area contributed by atoms with Gasteiger partial charge in [-0.3, -0.25) is 4.79 Å². The average molecular weight is 409 g/mol. The number of unbranched alkanes of at least 4 members (excludes halogenated alkanes) is 1. The van der Waals surface area contributed by atoms with E-state index in [4.69, 9.17) is 9.47 Å². The number of allylic oxidation sites excluding steroid dienone is 1. The van der Waals surface area contributed by atoms with E-state index in [9.17, 15) is 4.79 Å². The van der Waals surface area contributed by atoms with Crippen LogP contribution in [-0.4, -0.2) is 11.6 Å². The van der Waals surface area contributed by atoms with E-state index < -0.39 is 5.60 Å². The molecule has 0 saturated heterocycles. The lowest BCUT2D eigenvalue weighted by Crippen LogP contribution is -2.39. The number of esters is 1. The van der Waals surface area contributed by atoms with Gasteiger partial charge >= 0.3 is 5.97 Å². The fourth-order valence-electron chi connectivity index (χ4n) is 3.51. The molecular weight excluding hydrogens is 372 g/mol. The molecule has 0 amide bonds. The third kappa shape index (κ3) is 7.70. The average Bonchev–Trinajstić information content (AvgIpc) is 2.76. The summed E-state index contributed by atoms with van der Waals surface area (Å²) in [7, 11) is 0. The van der Waals surface area contributed by atoms with Gasteiger partial charge < -0.3 is 9.47 Å². The van der Waals surface area contributed by atoms with Gasteiger partial charge in [0.25, 0.3) is 0 Å². The van der Waals surface area contributed by atoms with Crippen LogP contribution in [0.25, 0.3) is 0 Å². The van der Waals surface area contributed by atoms with Crippen LogP contribution in [0.1, 0.15) is 64.0 Å².